The molecule has 1 saturated heterocycles. The highest BCUT2D eigenvalue weighted by Gasteiger charge is 2.43. The van der Waals surface area contributed by atoms with Crippen LogP contribution in [0.15, 0.2) is 30.5 Å². The first-order chi connectivity index (χ1) is 14.2. The maximum Gasteiger partial charge on any atom is 0.163 e. The second-order valence-corrected chi connectivity index (χ2v) is 7.63. The van der Waals surface area contributed by atoms with E-state index in [4.69, 9.17) is 4.74 Å². The van der Waals surface area contributed by atoms with Gasteiger partial charge in [-0.3, -0.25) is 0 Å². The molecule has 0 unspecified atom stereocenters. The number of benzene rings is 1. The summed E-state index contributed by atoms with van der Waals surface area (Å²) >= 11 is 0. The number of nitrogens with one attached hydrogen (secondary N) is 1. The number of nitriles is 1. The quantitative estimate of drug-likeness (QED) is 0.829. The second-order valence-electron chi connectivity index (χ2n) is 7.63. The van der Waals surface area contributed by atoms with Crippen LogP contribution < -0.4 is 15.3 Å². The monoisotopic (exact) mass is 390 g/mol. The van der Waals surface area contributed by atoms with Crippen LogP contribution in [0.3, 0.4) is 0 Å². The van der Waals surface area contributed by atoms with Crippen molar-refractivity contribution < 1.29 is 14.6 Å². The van der Waals surface area contributed by atoms with Crippen LogP contribution in [0, 0.1) is 11.3 Å². The number of amides is 1. The molecule has 5 rings (SSSR count). The summed E-state index contributed by atoms with van der Waals surface area (Å²) in [6.07, 6.45) is 1.26. The lowest BCUT2D eigenvalue weighted by molar-refractivity contribution is -0.266. The Morgan fingerprint density at radius 2 is 2.28 bits per heavy atom. The van der Waals surface area contributed by atoms with E-state index in [1.165, 1.54) is 10.6 Å². The molecule has 2 atom stereocenters. The predicted molar refractivity (Wildman–Crippen MR) is 104 cm³/mol. The molecular weight excluding hydrogens is 370 g/mol. The first kappa shape index (κ1) is 17.8. The molecule has 1 aromatic heterocycles. The molecule has 148 valence electrons. The van der Waals surface area contributed by atoms with Gasteiger partial charge >= 0.3 is 0 Å². The van der Waals surface area contributed by atoms with Gasteiger partial charge in [-0.1, -0.05) is 0 Å². The minimum Gasteiger partial charge on any atom is -0.530 e. The normalized spacial score (nSPS) is 22.3. The number of rotatable bonds is 2. The number of nitrogens with zero attached hydrogens (tertiary/aromatic N) is 4. The molecule has 1 aromatic carbocycles. The van der Waals surface area contributed by atoms with Crippen molar-refractivity contribution in [2.45, 2.75) is 25.0 Å². The molecule has 0 radical (unpaired) electrons. The number of likely N-dealkylation sites (tertiary alicyclic amines) is 1. The van der Waals surface area contributed by atoms with Gasteiger partial charge in [0.15, 0.2) is 5.69 Å². The molecule has 1 N–H and O–H groups in total. The van der Waals surface area contributed by atoms with Gasteiger partial charge in [-0.05, 0) is 36.2 Å². The number of carbonyl (C=O) groups is 1. The number of ether oxygens (including phenoxy) is 1. The Balaban J connectivity index is 1.57. The van der Waals surface area contributed by atoms with E-state index in [1.54, 1.807) is 12.3 Å². The third kappa shape index (κ3) is 2.95. The highest BCUT2D eigenvalue weighted by Crippen LogP contribution is 2.48. The highest BCUT2D eigenvalue weighted by molar-refractivity contribution is 5.75. The SMILES string of the molecule is N#Cc1ncccc1Nc1cc2c3c(c1)[C@@H]1CN(C(=O)[O-])CC[C@@H]1N3CCOC2. The van der Waals surface area contributed by atoms with Crippen LogP contribution in [-0.2, 0) is 11.3 Å². The molecule has 2 aromatic rings. The van der Waals surface area contributed by atoms with Gasteiger partial charge in [-0.2, -0.15) is 5.26 Å². The summed E-state index contributed by atoms with van der Waals surface area (Å²) in [6, 6.07) is 10.1. The Morgan fingerprint density at radius 3 is 3.10 bits per heavy atom. The number of carboxylic acid groups (broad SMARTS) is 1. The number of fused-ring (bicyclic) bond motifs is 3. The summed E-state index contributed by atoms with van der Waals surface area (Å²) in [5.74, 6) is 0.0968. The zero-order valence-corrected chi connectivity index (χ0v) is 15.8. The maximum atomic E-state index is 11.5. The molecule has 8 nitrogen and oxygen atoms in total. The van der Waals surface area contributed by atoms with E-state index >= 15 is 0 Å². The largest absolute Gasteiger partial charge is 0.530 e. The van der Waals surface area contributed by atoms with Gasteiger partial charge in [0, 0.05) is 54.7 Å². The summed E-state index contributed by atoms with van der Waals surface area (Å²) in [5, 5.41) is 24.1. The van der Waals surface area contributed by atoms with E-state index in [2.05, 4.69) is 33.4 Å². The lowest BCUT2D eigenvalue weighted by Gasteiger charge is -2.39. The molecule has 8 heteroatoms. The van der Waals surface area contributed by atoms with Crippen molar-refractivity contribution in [2.24, 2.45) is 0 Å². The van der Waals surface area contributed by atoms with Crippen LogP contribution in [0.25, 0.3) is 0 Å². The molecule has 0 saturated carbocycles. The van der Waals surface area contributed by atoms with E-state index in [-0.39, 0.29) is 12.0 Å². The zero-order chi connectivity index (χ0) is 20.0. The van der Waals surface area contributed by atoms with Crippen molar-refractivity contribution in [3.05, 3.63) is 47.3 Å². The lowest BCUT2D eigenvalue weighted by atomic mass is 9.88. The average molecular weight is 390 g/mol. The fourth-order valence-electron chi connectivity index (χ4n) is 4.86. The van der Waals surface area contributed by atoms with E-state index in [1.807, 2.05) is 6.07 Å². The molecule has 1 amide bonds. The Kier molecular flexibility index (Phi) is 4.25. The number of pyridine rings is 1. The molecule has 29 heavy (non-hydrogen) atoms. The Labute approximate surface area is 168 Å². The minimum atomic E-state index is -1.11. The van der Waals surface area contributed by atoms with Crippen molar-refractivity contribution in [1.29, 1.82) is 5.26 Å². The number of aromatic nitrogens is 1. The van der Waals surface area contributed by atoms with Crippen molar-refractivity contribution in [3.63, 3.8) is 0 Å². The lowest BCUT2D eigenvalue weighted by Crippen LogP contribution is -2.52. The van der Waals surface area contributed by atoms with Gasteiger partial charge in [0.2, 0.25) is 0 Å². The smallest absolute Gasteiger partial charge is 0.163 e. The standard InChI is InChI=1S/C21H21N5O3/c22-10-18-17(2-1-4-23-18)24-14-8-13-12-29-7-6-26-19-3-5-25(21(27)28)11-16(19)15(9-14)20(13)26/h1-2,4,8-9,16,19,24H,3,5-7,11-12H2,(H,27,28)/p-1/t16-,19-/m0/s1. The number of anilines is 3. The average Bonchev–Trinajstić information content (AvgIpc) is 2.89. The van der Waals surface area contributed by atoms with Crippen LogP contribution in [0.2, 0.25) is 0 Å². The van der Waals surface area contributed by atoms with Gasteiger partial charge in [0.25, 0.3) is 0 Å². The van der Waals surface area contributed by atoms with Crippen LogP contribution in [0.1, 0.15) is 29.2 Å². The third-order valence-corrected chi connectivity index (χ3v) is 6.07. The van der Waals surface area contributed by atoms with E-state index in [0.717, 1.165) is 29.8 Å². The molecule has 0 bridgehead atoms. The van der Waals surface area contributed by atoms with Gasteiger partial charge in [-0.25, -0.2) is 4.98 Å². The summed E-state index contributed by atoms with van der Waals surface area (Å²) in [4.78, 5) is 19.4. The predicted octanol–water partition coefficient (Wildman–Crippen LogP) is 1.55. The van der Waals surface area contributed by atoms with Crippen molar-refractivity contribution >= 4 is 23.2 Å². The fourth-order valence-corrected chi connectivity index (χ4v) is 4.86. The summed E-state index contributed by atoms with van der Waals surface area (Å²) in [5.41, 5.74) is 5.21. The molecule has 0 aliphatic carbocycles. The van der Waals surface area contributed by atoms with Crippen LogP contribution in [-0.4, -0.2) is 48.3 Å². The fraction of sp³-hybridized carbons (Fsp3) is 0.381. The topological polar surface area (TPSA) is 105 Å². The molecule has 3 aliphatic rings. The summed E-state index contributed by atoms with van der Waals surface area (Å²) in [7, 11) is 0. The molecule has 0 spiro atoms. The minimum absolute atomic E-state index is 0.0968. The van der Waals surface area contributed by atoms with Gasteiger partial charge in [0.05, 0.1) is 18.9 Å². The molecule has 3 aliphatic heterocycles. The Hall–Kier alpha value is -3.31. The number of piperidine rings is 1. The summed E-state index contributed by atoms with van der Waals surface area (Å²) in [6.45, 7) is 2.90. The molecule has 4 heterocycles. The first-order valence-electron chi connectivity index (χ1n) is 9.75. The second kappa shape index (κ2) is 6.94. The van der Waals surface area contributed by atoms with Crippen molar-refractivity contribution in [2.75, 3.05) is 36.5 Å². The molecular formula is C21H20N5O3-. The van der Waals surface area contributed by atoms with Crippen LogP contribution in [0.4, 0.5) is 21.9 Å². The van der Waals surface area contributed by atoms with Crippen molar-refractivity contribution in [1.82, 2.24) is 9.88 Å². The van der Waals surface area contributed by atoms with Gasteiger partial charge in [0.1, 0.15) is 12.2 Å². The maximum absolute atomic E-state index is 11.5. The number of hydrogen-bond acceptors (Lipinski definition) is 7. The van der Waals surface area contributed by atoms with Crippen LogP contribution >= 0.6 is 0 Å². The first-order valence-corrected chi connectivity index (χ1v) is 9.75. The highest BCUT2D eigenvalue weighted by atomic mass is 16.5. The van der Waals surface area contributed by atoms with E-state index in [9.17, 15) is 15.2 Å². The van der Waals surface area contributed by atoms with Gasteiger partial charge < -0.3 is 29.8 Å². The number of hydrogen-bond donors (Lipinski definition) is 1. The van der Waals surface area contributed by atoms with Crippen molar-refractivity contribution in [3.8, 4) is 6.07 Å². The third-order valence-electron chi connectivity index (χ3n) is 6.07. The van der Waals surface area contributed by atoms with E-state index in [0.29, 0.717) is 37.7 Å². The Morgan fingerprint density at radius 1 is 1.38 bits per heavy atom. The molecule has 1 fully saturated rings. The number of carbonyl (C=O) groups excluding carboxylic acids is 1. The van der Waals surface area contributed by atoms with Gasteiger partial charge in [-0.15, -0.1) is 0 Å². The summed E-state index contributed by atoms with van der Waals surface area (Å²) < 4.78 is 5.82. The zero-order valence-electron chi connectivity index (χ0n) is 15.8. The Bertz CT molecular complexity index is 1020. The van der Waals surface area contributed by atoms with E-state index < -0.39 is 6.09 Å². The van der Waals surface area contributed by atoms with Crippen LogP contribution in [0.5, 0.6) is 0 Å².